The largest absolute Gasteiger partial charge is 0.484 e. The van der Waals surface area contributed by atoms with Crippen LogP contribution in [0.3, 0.4) is 0 Å². The molecule has 0 saturated carbocycles. The van der Waals surface area contributed by atoms with Crippen LogP contribution in [-0.4, -0.2) is 24.5 Å². The fourth-order valence-corrected chi connectivity index (χ4v) is 1.98. The van der Waals surface area contributed by atoms with Crippen LogP contribution in [0.15, 0.2) is 54.6 Å². The van der Waals surface area contributed by atoms with Gasteiger partial charge in [0.05, 0.1) is 11.3 Å². The number of nitrogens with one attached hydrogen (secondary N) is 2. The van der Waals surface area contributed by atoms with E-state index in [2.05, 4.69) is 10.6 Å². The molecule has 0 unspecified atom stereocenters. The lowest BCUT2D eigenvalue weighted by atomic mass is 10.1. The van der Waals surface area contributed by atoms with Crippen molar-refractivity contribution in [3.8, 4) is 5.75 Å². The molecule has 0 heterocycles. The van der Waals surface area contributed by atoms with E-state index in [9.17, 15) is 9.59 Å². The maximum atomic E-state index is 12.1. The number of rotatable bonds is 6. The first-order valence-electron chi connectivity index (χ1n) is 7.44. The monoisotopic (exact) mass is 312 g/mol. The van der Waals surface area contributed by atoms with Crippen molar-refractivity contribution in [1.29, 1.82) is 0 Å². The number of carbonyl (C=O) groups is 2. The summed E-state index contributed by atoms with van der Waals surface area (Å²) < 4.78 is 5.39. The molecule has 2 N–H and O–H groups in total. The zero-order valence-electron chi connectivity index (χ0n) is 13.2. The van der Waals surface area contributed by atoms with Crippen LogP contribution in [0.2, 0.25) is 0 Å². The molecule has 2 aromatic carbocycles. The Labute approximate surface area is 135 Å². The fraction of sp³-hybridized carbons (Fsp3) is 0.222. The summed E-state index contributed by atoms with van der Waals surface area (Å²) in [6.07, 6.45) is 0. The number of amides is 2. The standard InChI is InChI=1S/C18H20N2O3/c1-13(2)19-18(22)15-10-6-7-11-16(15)20-17(21)12-23-14-8-4-3-5-9-14/h3-11,13H,12H2,1-2H3,(H,19,22)(H,20,21). The minimum atomic E-state index is -0.321. The van der Waals surface area contributed by atoms with Gasteiger partial charge in [0.2, 0.25) is 0 Å². The highest BCUT2D eigenvalue weighted by Crippen LogP contribution is 2.15. The molecule has 5 heteroatoms. The summed E-state index contributed by atoms with van der Waals surface area (Å²) in [5, 5.41) is 5.52. The molecule has 0 saturated heterocycles. The Morgan fingerprint density at radius 3 is 2.35 bits per heavy atom. The zero-order valence-corrected chi connectivity index (χ0v) is 13.2. The first-order chi connectivity index (χ1) is 11.1. The number of ether oxygens (including phenoxy) is 1. The third-order valence-electron chi connectivity index (χ3n) is 2.98. The van der Waals surface area contributed by atoms with Crippen molar-refractivity contribution in [2.45, 2.75) is 19.9 Å². The van der Waals surface area contributed by atoms with Gasteiger partial charge < -0.3 is 15.4 Å². The Kier molecular flexibility index (Phi) is 5.74. The molecular weight excluding hydrogens is 292 g/mol. The van der Waals surface area contributed by atoms with Gasteiger partial charge in [-0.05, 0) is 38.1 Å². The summed E-state index contributed by atoms with van der Waals surface area (Å²) in [5.74, 6) is 0.0759. The van der Waals surface area contributed by atoms with Gasteiger partial charge in [0, 0.05) is 6.04 Å². The molecule has 2 rings (SSSR count). The number of para-hydroxylation sites is 2. The van der Waals surface area contributed by atoms with E-state index in [0.29, 0.717) is 17.0 Å². The Hall–Kier alpha value is -2.82. The Balaban J connectivity index is 1.99. The second kappa shape index (κ2) is 7.98. The summed E-state index contributed by atoms with van der Waals surface area (Å²) in [7, 11) is 0. The smallest absolute Gasteiger partial charge is 0.262 e. The number of carbonyl (C=O) groups excluding carboxylic acids is 2. The van der Waals surface area contributed by atoms with Gasteiger partial charge in [-0.3, -0.25) is 9.59 Å². The molecule has 0 aromatic heterocycles. The van der Waals surface area contributed by atoms with Crippen molar-refractivity contribution in [3.63, 3.8) is 0 Å². The molecule has 0 fully saturated rings. The van der Waals surface area contributed by atoms with Crippen LogP contribution in [0.25, 0.3) is 0 Å². The van der Waals surface area contributed by atoms with Crippen molar-refractivity contribution in [1.82, 2.24) is 5.32 Å². The molecule has 0 spiro atoms. The van der Waals surface area contributed by atoms with Crippen LogP contribution >= 0.6 is 0 Å². The maximum absolute atomic E-state index is 12.1. The quantitative estimate of drug-likeness (QED) is 0.862. The number of benzene rings is 2. The van der Waals surface area contributed by atoms with Crippen LogP contribution in [0.4, 0.5) is 5.69 Å². The second-order valence-electron chi connectivity index (χ2n) is 5.32. The Morgan fingerprint density at radius 2 is 1.65 bits per heavy atom. The van der Waals surface area contributed by atoms with Crippen molar-refractivity contribution in [3.05, 3.63) is 60.2 Å². The third kappa shape index (κ3) is 5.14. The lowest BCUT2D eigenvalue weighted by Crippen LogP contribution is -2.31. The van der Waals surface area contributed by atoms with Crippen molar-refractivity contribution < 1.29 is 14.3 Å². The summed E-state index contributed by atoms with van der Waals surface area (Å²) in [6.45, 7) is 3.64. The van der Waals surface area contributed by atoms with Crippen LogP contribution in [0.5, 0.6) is 5.75 Å². The van der Waals surface area contributed by atoms with E-state index in [0.717, 1.165) is 0 Å². The highest BCUT2D eigenvalue weighted by Gasteiger charge is 2.13. The number of anilines is 1. The van der Waals surface area contributed by atoms with Crippen molar-refractivity contribution in [2.24, 2.45) is 0 Å². The van der Waals surface area contributed by atoms with E-state index in [-0.39, 0.29) is 24.5 Å². The molecule has 0 aliphatic heterocycles. The van der Waals surface area contributed by atoms with Gasteiger partial charge in [-0.15, -0.1) is 0 Å². The van der Waals surface area contributed by atoms with Crippen LogP contribution in [-0.2, 0) is 4.79 Å². The molecule has 0 bridgehead atoms. The Bertz CT molecular complexity index is 669. The number of hydrogen-bond acceptors (Lipinski definition) is 3. The molecule has 2 amide bonds. The van der Waals surface area contributed by atoms with Gasteiger partial charge in [-0.1, -0.05) is 30.3 Å². The van der Waals surface area contributed by atoms with Gasteiger partial charge >= 0.3 is 0 Å². The normalized spacial score (nSPS) is 10.2. The summed E-state index contributed by atoms with van der Waals surface area (Å²) in [6, 6.07) is 16.0. The minimum absolute atomic E-state index is 0.0210. The fourth-order valence-electron chi connectivity index (χ4n) is 1.98. The third-order valence-corrected chi connectivity index (χ3v) is 2.98. The summed E-state index contributed by atoms with van der Waals surface area (Å²) >= 11 is 0. The first-order valence-corrected chi connectivity index (χ1v) is 7.44. The van der Waals surface area contributed by atoms with E-state index in [1.165, 1.54) is 0 Å². The van der Waals surface area contributed by atoms with Crippen LogP contribution in [0, 0.1) is 0 Å². The SMILES string of the molecule is CC(C)NC(=O)c1ccccc1NC(=O)COc1ccccc1. The average Bonchev–Trinajstić information content (AvgIpc) is 2.54. The minimum Gasteiger partial charge on any atom is -0.484 e. The van der Waals surface area contributed by atoms with Gasteiger partial charge in [0.1, 0.15) is 5.75 Å². The second-order valence-corrected chi connectivity index (χ2v) is 5.32. The van der Waals surface area contributed by atoms with Gasteiger partial charge in [0.15, 0.2) is 6.61 Å². The summed E-state index contributed by atoms with van der Waals surface area (Å²) in [5.41, 5.74) is 0.890. The van der Waals surface area contributed by atoms with E-state index in [1.807, 2.05) is 32.0 Å². The molecule has 23 heavy (non-hydrogen) atoms. The molecule has 0 atom stereocenters. The van der Waals surface area contributed by atoms with Crippen LogP contribution < -0.4 is 15.4 Å². The first kappa shape index (κ1) is 16.5. The molecule has 5 nitrogen and oxygen atoms in total. The molecule has 2 aromatic rings. The van der Waals surface area contributed by atoms with E-state index >= 15 is 0 Å². The van der Waals surface area contributed by atoms with Crippen LogP contribution in [0.1, 0.15) is 24.2 Å². The molecular formula is C18H20N2O3. The van der Waals surface area contributed by atoms with E-state index < -0.39 is 0 Å². The predicted octanol–water partition coefficient (Wildman–Crippen LogP) is 2.84. The molecule has 0 aliphatic rings. The molecule has 0 aliphatic carbocycles. The molecule has 120 valence electrons. The topological polar surface area (TPSA) is 67.4 Å². The lowest BCUT2D eigenvalue weighted by molar-refractivity contribution is -0.118. The van der Waals surface area contributed by atoms with Gasteiger partial charge in [-0.2, -0.15) is 0 Å². The zero-order chi connectivity index (χ0) is 16.7. The lowest BCUT2D eigenvalue weighted by Gasteiger charge is -2.13. The van der Waals surface area contributed by atoms with Crippen molar-refractivity contribution in [2.75, 3.05) is 11.9 Å². The molecule has 0 radical (unpaired) electrons. The highest BCUT2D eigenvalue weighted by atomic mass is 16.5. The van der Waals surface area contributed by atoms with E-state index in [1.54, 1.807) is 36.4 Å². The number of hydrogen-bond donors (Lipinski definition) is 2. The van der Waals surface area contributed by atoms with E-state index in [4.69, 9.17) is 4.74 Å². The highest BCUT2D eigenvalue weighted by molar-refractivity contribution is 6.04. The maximum Gasteiger partial charge on any atom is 0.262 e. The average molecular weight is 312 g/mol. The van der Waals surface area contributed by atoms with Crippen molar-refractivity contribution >= 4 is 17.5 Å². The predicted molar refractivity (Wildman–Crippen MR) is 89.6 cm³/mol. The van der Waals surface area contributed by atoms with Gasteiger partial charge in [-0.25, -0.2) is 0 Å². The Morgan fingerprint density at radius 1 is 1.00 bits per heavy atom. The van der Waals surface area contributed by atoms with Gasteiger partial charge in [0.25, 0.3) is 11.8 Å². The summed E-state index contributed by atoms with van der Waals surface area (Å²) in [4.78, 5) is 24.2.